The van der Waals surface area contributed by atoms with Crippen LogP contribution in [0.5, 0.6) is 5.75 Å². The second-order valence-corrected chi connectivity index (χ2v) is 8.55. The highest BCUT2D eigenvalue weighted by atomic mass is 16.5. The zero-order valence-electron chi connectivity index (χ0n) is 18.6. The SMILES string of the molecule is COc1cc(C)ccc1NC(=O)C1(c2ccccc2C(C)C)CCN(CCO)CC1. The zero-order chi connectivity index (χ0) is 21.7. The third-order valence-corrected chi connectivity index (χ3v) is 6.26. The van der Waals surface area contributed by atoms with Crippen LogP contribution in [0.15, 0.2) is 42.5 Å². The topological polar surface area (TPSA) is 61.8 Å². The number of hydrogen-bond acceptors (Lipinski definition) is 4. The first kappa shape index (κ1) is 22.3. The van der Waals surface area contributed by atoms with Crippen molar-refractivity contribution in [3.05, 3.63) is 59.2 Å². The molecule has 2 aromatic rings. The summed E-state index contributed by atoms with van der Waals surface area (Å²) in [5, 5.41) is 12.5. The van der Waals surface area contributed by atoms with E-state index in [-0.39, 0.29) is 12.5 Å². The van der Waals surface area contributed by atoms with E-state index >= 15 is 0 Å². The number of piperidine rings is 1. The van der Waals surface area contributed by atoms with Crippen molar-refractivity contribution in [2.45, 2.75) is 44.9 Å². The molecule has 0 aliphatic carbocycles. The maximum absolute atomic E-state index is 13.8. The molecular weight excluding hydrogens is 376 g/mol. The Kier molecular flexibility index (Phi) is 7.16. The van der Waals surface area contributed by atoms with Crippen molar-refractivity contribution < 1.29 is 14.6 Å². The van der Waals surface area contributed by atoms with Gasteiger partial charge in [-0.1, -0.05) is 44.2 Å². The van der Waals surface area contributed by atoms with Gasteiger partial charge in [-0.3, -0.25) is 4.79 Å². The van der Waals surface area contributed by atoms with Crippen molar-refractivity contribution in [2.75, 3.05) is 38.7 Å². The van der Waals surface area contributed by atoms with Crippen molar-refractivity contribution in [1.82, 2.24) is 4.90 Å². The Morgan fingerprint density at radius 2 is 1.90 bits per heavy atom. The van der Waals surface area contributed by atoms with E-state index < -0.39 is 5.41 Å². The van der Waals surface area contributed by atoms with Crippen molar-refractivity contribution in [3.63, 3.8) is 0 Å². The first-order valence-corrected chi connectivity index (χ1v) is 10.8. The number of methoxy groups -OCH3 is 1. The van der Waals surface area contributed by atoms with Gasteiger partial charge in [0.25, 0.3) is 0 Å². The Labute approximate surface area is 180 Å². The standard InChI is InChI=1S/C25H34N2O3/c1-18(2)20-7-5-6-8-21(20)25(11-13-27(14-12-25)15-16-28)24(29)26-22-10-9-19(3)17-23(22)30-4/h5-10,17-18,28H,11-16H2,1-4H3,(H,26,29). The number of amides is 1. The summed E-state index contributed by atoms with van der Waals surface area (Å²) in [6.45, 7) is 8.71. The number of nitrogens with zero attached hydrogens (tertiary/aromatic N) is 1. The Balaban J connectivity index is 2.00. The normalized spacial score (nSPS) is 16.5. The van der Waals surface area contributed by atoms with Gasteiger partial charge < -0.3 is 20.1 Å². The molecule has 162 valence electrons. The average molecular weight is 411 g/mol. The van der Waals surface area contributed by atoms with Gasteiger partial charge in [-0.25, -0.2) is 0 Å². The Hall–Kier alpha value is -2.37. The number of anilines is 1. The molecule has 0 unspecified atom stereocenters. The van der Waals surface area contributed by atoms with Crippen LogP contribution in [0.2, 0.25) is 0 Å². The molecule has 30 heavy (non-hydrogen) atoms. The van der Waals surface area contributed by atoms with Crippen LogP contribution < -0.4 is 10.1 Å². The van der Waals surface area contributed by atoms with Gasteiger partial charge in [-0.2, -0.15) is 0 Å². The number of benzene rings is 2. The second-order valence-electron chi connectivity index (χ2n) is 8.55. The smallest absolute Gasteiger partial charge is 0.235 e. The molecule has 2 N–H and O–H groups in total. The number of aliphatic hydroxyl groups excluding tert-OH is 1. The molecular formula is C25H34N2O3. The molecule has 0 radical (unpaired) electrons. The van der Waals surface area contributed by atoms with E-state index in [4.69, 9.17) is 4.74 Å². The number of rotatable bonds is 7. The van der Waals surface area contributed by atoms with Gasteiger partial charge in [-0.15, -0.1) is 0 Å². The molecule has 1 fully saturated rings. The number of nitrogens with one attached hydrogen (secondary N) is 1. The molecule has 5 nitrogen and oxygen atoms in total. The molecule has 1 amide bonds. The molecule has 0 atom stereocenters. The minimum Gasteiger partial charge on any atom is -0.495 e. The van der Waals surface area contributed by atoms with Crippen molar-refractivity contribution >= 4 is 11.6 Å². The summed E-state index contributed by atoms with van der Waals surface area (Å²) in [7, 11) is 1.63. The van der Waals surface area contributed by atoms with Crippen molar-refractivity contribution in [2.24, 2.45) is 0 Å². The minimum absolute atomic E-state index is 0.0152. The lowest BCUT2D eigenvalue weighted by atomic mass is 9.69. The highest BCUT2D eigenvalue weighted by molar-refractivity contribution is 6.00. The van der Waals surface area contributed by atoms with Crippen LogP contribution >= 0.6 is 0 Å². The molecule has 1 aliphatic rings. The fourth-order valence-corrected chi connectivity index (χ4v) is 4.50. The van der Waals surface area contributed by atoms with Gasteiger partial charge in [0.15, 0.2) is 0 Å². The Morgan fingerprint density at radius 1 is 1.20 bits per heavy atom. The molecule has 0 spiro atoms. The predicted octanol–water partition coefficient (Wildman–Crippen LogP) is 4.09. The summed E-state index contributed by atoms with van der Waals surface area (Å²) >= 11 is 0. The number of likely N-dealkylation sites (tertiary alicyclic amines) is 1. The molecule has 1 saturated heterocycles. The van der Waals surface area contributed by atoms with Crippen LogP contribution in [-0.4, -0.2) is 49.3 Å². The number of carbonyl (C=O) groups is 1. The number of ether oxygens (including phenoxy) is 1. The summed E-state index contributed by atoms with van der Waals surface area (Å²) in [6, 6.07) is 14.2. The molecule has 1 aliphatic heterocycles. The third kappa shape index (κ3) is 4.52. The van der Waals surface area contributed by atoms with Crippen LogP contribution in [-0.2, 0) is 10.2 Å². The largest absolute Gasteiger partial charge is 0.495 e. The van der Waals surface area contributed by atoms with Crippen LogP contribution in [0.3, 0.4) is 0 Å². The monoisotopic (exact) mass is 410 g/mol. The Morgan fingerprint density at radius 3 is 2.53 bits per heavy atom. The molecule has 3 rings (SSSR count). The Bertz CT molecular complexity index is 870. The summed E-state index contributed by atoms with van der Waals surface area (Å²) < 4.78 is 5.51. The number of aryl methyl sites for hydroxylation is 1. The van der Waals surface area contributed by atoms with Crippen LogP contribution in [0.1, 0.15) is 49.3 Å². The van der Waals surface area contributed by atoms with E-state index in [0.29, 0.717) is 23.9 Å². The fourth-order valence-electron chi connectivity index (χ4n) is 4.50. The number of aliphatic hydroxyl groups is 1. The van der Waals surface area contributed by atoms with E-state index in [1.165, 1.54) is 5.56 Å². The molecule has 0 aromatic heterocycles. The van der Waals surface area contributed by atoms with E-state index in [0.717, 1.165) is 37.1 Å². The first-order valence-electron chi connectivity index (χ1n) is 10.8. The lowest BCUT2D eigenvalue weighted by Crippen LogP contribution is -2.50. The summed E-state index contributed by atoms with van der Waals surface area (Å²) in [4.78, 5) is 16.1. The summed E-state index contributed by atoms with van der Waals surface area (Å²) in [5.74, 6) is 1.02. The van der Waals surface area contributed by atoms with E-state index in [9.17, 15) is 9.90 Å². The van der Waals surface area contributed by atoms with Gasteiger partial charge in [-0.05, 0) is 67.6 Å². The minimum atomic E-state index is -0.608. The van der Waals surface area contributed by atoms with Gasteiger partial charge in [0, 0.05) is 6.54 Å². The van der Waals surface area contributed by atoms with E-state index in [1.54, 1.807) is 7.11 Å². The van der Waals surface area contributed by atoms with Crippen LogP contribution in [0.4, 0.5) is 5.69 Å². The van der Waals surface area contributed by atoms with E-state index in [2.05, 4.69) is 36.2 Å². The van der Waals surface area contributed by atoms with Gasteiger partial charge >= 0.3 is 0 Å². The highest BCUT2D eigenvalue weighted by Crippen LogP contribution is 2.41. The van der Waals surface area contributed by atoms with Gasteiger partial charge in [0.05, 0.1) is 24.8 Å². The summed E-state index contributed by atoms with van der Waals surface area (Å²) in [6.07, 6.45) is 1.44. The zero-order valence-corrected chi connectivity index (χ0v) is 18.6. The van der Waals surface area contributed by atoms with Crippen molar-refractivity contribution in [3.8, 4) is 5.75 Å². The van der Waals surface area contributed by atoms with Gasteiger partial charge in [0.1, 0.15) is 5.75 Å². The summed E-state index contributed by atoms with van der Waals surface area (Å²) in [5.41, 5.74) is 3.52. The first-order chi connectivity index (χ1) is 14.4. The lowest BCUT2D eigenvalue weighted by Gasteiger charge is -2.42. The second kappa shape index (κ2) is 9.63. The van der Waals surface area contributed by atoms with E-state index in [1.807, 2.05) is 37.3 Å². The maximum atomic E-state index is 13.8. The average Bonchev–Trinajstić information content (AvgIpc) is 2.75. The molecule has 0 saturated carbocycles. The predicted molar refractivity (Wildman–Crippen MR) is 121 cm³/mol. The molecule has 0 bridgehead atoms. The van der Waals surface area contributed by atoms with Crippen LogP contribution in [0, 0.1) is 6.92 Å². The number of carbonyl (C=O) groups excluding carboxylic acids is 1. The van der Waals surface area contributed by atoms with Crippen molar-refractivity contribution in [1.29, 1.82) is 0 Å². The third-order valence-electron chi connectivity index (χ3n) is 6.26. The number of β-amino-alcohol motifs (C(OH)–C–C–N with tert-alkyl or cyclic N) is 1. The quantitative estimate of drug-likeness (QED) is 0.722. The van der Waals surface area contributed by atoms with Crippen LogP contribution in [0.25, 0.3) is 0 Å². The van der Waals surface area contributed by atoms with Gasteiger partial charge in [0.2, 0.25) is 5.91 Å². The molecule has 1 heterocycles. The molecule has 2 aromatic carbocycles. The fraction of sp³-hybridized carbons (Fsp3) is 0.480. The number of hydrogen-bond donors (Lipinski definition) is 2. The highest BCUT2D eigenvalue weighted by Gasteiger charge is 2.44. The molecule has 5 heteroatoms. The maximum Gasteiger partial charge on any atom is 0.235 e. The lowest BCUT2D eigenvalue weighted by molar-refractivity contribution is -0.123.